The smallest absolute Gasteiger partial charge is 0.389 e. The number of rotatable bonds is 7. The minimum atomic E-state index is -4.15. The number of hydrogen-bond donors (Lipinski definition) is 1. The molecule has 1 aromatic carbocycles. The fraction of sp³-hybridized carbons (Fsp3) is 0.647. The molecule has 1 aliphatic heterocycles. The molecule has 1 heterocycles. The van der Waals surface area contributed by atoms with E-state index in [2.05, 4.69) is 10.2 Å². The van der Waals surface area contributed by atoms with E-state index in [0.29, 0.717) is 18.1 Å². The van der Waals surface area contributed by atoms with Crippen LogP contribution in [0.2, 0.25) is 0 Å². The molecule has 1 saturated heterocycles. The average Bonchev–Trinajstić information content (AvgIpc) is 2.56. The monoisotopic (exact) mass is 382 g/mol. The number of piperazine rings is 1. The highest BCUT2D eigenvalue weighted by atomic mass is 35.5. The summed E-state index contributed by atoms with van der Waals surface area (Å²) in [4.78, 5) is 2.11. The highest BCUT2D eigenvalue weighted by Crippen LogP contribution is 2.36. The first-order valence-electron chi connectivity index (χ1n) is 8.27. The summed E-state index contributed by atoms with van der Waals surface area (Å²) in [7, 11) is 1.54. The molecule has 0 amide bonds. The van der Waals surface area contributed by atoms with Gasteiger partial charge in [-0.05, 0) is 31.0 Å². The lowest BCUT2D eigenvalue weighted by Gasteiger charge is -2.35. The van der Waals surface area contributed by atoms with Crippen LogP contribution in [0.5, 0.6) is 11.5 Å². The molecule has 0 saturated carbocycles. The van der Waals surface area contributed by atoms with Gasteiger partial charge < -0.3 is 14.8 Å². The van der Waals surface area contributed by atoms with Crippen molar-refractivity contribution in [2.24, 2.45) is 0 Å². The van der Waals surface area contributed by atoms with Crippen molar-refractivity contribution < 1.29 is 22.6 Å². The number of nitrogens with zero attached hydrogens (tertiary/aromatic N) is 1. The van der Waals surface area contributed by atoms with E-state index in [1.165, 1.54) is 7.11 Å². The highest BCUT2D eigenvalue weighted by molar-refractivity contribution is 5.85. The molecule has 0 unspecified atom stereocenters. The van der Waals surface area contributed by atoms with Gasteiger partial charge in [-0.15, -0.1) is 12.4 Å². The van der Waals surface area contributed by atoms with Crippen molar-refractivity contribution in [3.8, 4) is 11.5 Å². The van der Waals surface area contributed by atoms with Gasteiger partial charge in [0.25, 0.3) is 0 Å². The van der Waals surface area contributed by atoms with E-state index >= 15 is 0 Å². The third-order valence-electron chi connectivity index (χ3n) is 4.17. The van der Waals surface area contributed by atoms with Crippen molar-refractivity contribution in [1.82, 2.24) is 10.2 Å². The molecule has 0 bridgehead atoms. The Morgan fingerprint density at radius 1 is 1.20 bits per heavy atom. The van der Waals surface area contributed by atoms with Crippen molar-refractivity contribution in [2.45, 2.75) is 32.0 Å². The second-order valence-corrected chi connectivity index (χ2v) is 5.80. The second kappa shape index (κ2) is 10.1. The minimum Gasteiger partial charge on any atom is -0.493 e. The van der Waals surface area contributed by atoms with E-state index in [4.69, 9.17) is 9.47 Å². The summed E-state index contributed by atoms with van der Waals surface area (Å²) < 4.78 is 49.0. The van der Waals surface area contributed by atoms with Gasteiger partial charge in [0.2, 0.25) is 0 Å². The topological polar surface area (TPSA) is 33.7 Å². The molecule has 1 aromatic rings. The van der Waals surface area contributed by atoms with E-state index in [1.54, 1.807) is 12.1 Å². The Kier molecular flexibility index (Phi) is 8.82. The Morgan fingerprint density at radius 2 is 1.88 bits per heavy atom. The van der Waals surface area contributed by atoms with Gasteiger partial charge in [0.05, 0.1) is 13.7 Å². The molecule has 0 aliphatic carbocycles. The summed E-state index contributed by atoms with van der Waals surface area (Å²) in [6, 6.07) is 5.14. The summed E-state index contributed by atoms with van der Waals surface area (Å²) in [5.41, 5.74) is 0.835. The zero-order valence-electron chi connectivity index (χ0n) is 14.6. The maximum Gasteiger partial charge on any atom is 0.389 e. The summed E-state index contributed by atoms with van der Waals surface area (Å²) in [6.45, 7) is 5.43. The molecule has 1 N–H and O–H groups in total. The predicted molar refractivity (Wildman–Crippen MR) is 93.9 cm³/mol. The van der Waals surface area contributed by atoms with E-state index in [-0.39, 0.29) is 24.9 Å². The number of nitrogens with one attached hydrogen (secondary N) is 1. The van der Waals surface area contributed by atoms with Crippen molar-refractivity contribution in [1.29, 1.82) is 0 Å². The van der Waals surface area contributed by atoms with Gasteiger partial charge in [-0.3, -0.25) is 4.90 Å². The second-order valence-electron chi connectivity index (χ2n) is 5.80. The summed E-state index contributed by atoms with van der Waals surface area (Å²) >= 11 is 0. The summed E-state index contributed by atoms with van der Waals surface area (Å²) in [5.74, 6) is 1.17. The molecule has 25 heavy (non-hydrogen) atoms. The largest absolute Gasteiger partial charge is 0.493 e. The number of hydrogen-bond acceptors (Lipinski definition) is 4. The molecule has 1 fully saturated rings. The Labute approximate surface area is 153 Å². The molecule has 1 atom stereocenters. The molecule has 8 heteroatoms. The molecule has 4 nitrogen and oxygen atoms in total. The zero-order chi connectivity index (χ0) is 17.6. The zero-order valence-corrected chi connectivity index (χ0v) is 15.4. The summed E-state index contributed by atoms with van der Waals surface area (Å²) in [6.07, 6.45) is -4.90. The van der Waals surface area contributed by atoms with E-state index in [1.807, 2.05) is 13.0 Å². The first kappa shape index (κ1) is 21.9. The van der Waals surface area contributed by atoms with Crippen molar-refractivity contribution in [3.05, 3.63) is 23.8 Å². The van der Waals surface area contributed by atoms with Crippen LogP contribution in [0.15, 0.2) is 18.2 Å². The van der Waals surface area contributed by atoms with Crippen LogP contribution >= 0.6 is 12.4 Å². The van der Waals surface area contributed by atoms with Crippen LogP contribution in [-0.2, 0) is 0 Å². The number of halogens is 4. The Hall–Kier alpha value is -1.18. The lowest BCUT2D eigenvalue weighted by Crippen LogP contribution is -2.45. The quantitative estimate of drug-likeness (QED) is 0.777. The first-order chi connectivity index (χ1) is 11.4. The fourth-order valence-electron chi connectivity index (χ4n) is 3.02. The van der Waals surface area contributed by atoms with E-state index in [0.717, 1.165) is 31.7 Å². The van der Waals surface area contributed by atoms with Gasteiger partial charge >= 0.3 is 6.18 Å². The average molecular weight is 383 g/mol. The van der Waals surface area contributed by atoms with Gasteiger partial charge in [0.1, 0.15) is 0 Å². The Balaban J connectivity index is 0.00000312. The van der Waals surface area contributed by atoms with Crippen molar-refractivity contribution >= 4 is 12.4 Å². The minimum absolute atomic E-state index is 0. The Bertz CT molecular complexity index is 523. The van der Waals surface area contributed by atoms with Gasteiger partial charge in [-0.2, -0.15) is 13.2 Å². The Morgan fingerprint density at radius 3 is 2.44 bits per heavy atom. The molecular weight excluding hydrogens is 357 g/mol. The predicted octanol–water partition coefficient (Wildman–Crippen LogP) is 3.80. The van der Waals surface area contributed by atoms with Gasteiger partial charge in [0, 0.05) is 38.6 Å². The van der Waals surface area contributed by atoms with Crippen molar-refractivity contribution in [3.63, 3.8) is 0 Å². The molecule has 0 aromatic heterocycles. The van der Waals surface area contributed by atoms with Crippen LogP contribution < -0.4 is 14.8 Å². The lowest BCUT2D eigenvalue weighted by atomic mass is 9.98. The molecule has 144 valence electrons. The van der Waals surface area contributed by atoms with Crippen LogP contribution in [0.25, 0.3) is 0 Å². The number of ether oxygens (including phenoxy) is 2. The van der Waals surface area contributed by atoms with E-state index in [9.17, 15) is 13.2 Å². The maximum absolute atomic E-state index is 12.7. The van der Waals surface area contributed by atoms with E-state index < -0.39 is 12.6 Å². The van der Waals surface area contributed by atoms with Crippen LogP contribution in [0, 0.1) is 0 Å². The highest BCUT2D eigenvalue weighted by Gasteiger charge is 2.31. The molecular formula is C17H26ClF3N2O2. The number of alkyl halides is 3. The first-order valence-corrected chi connectivity index (χ1v) is 8.27. The van der Waals surface area contributed by atoms with Crippen molar-refractivity contribution in [2.75, 3.05) is 39.9 Å². The maximum atomic E-state index is 12.7. The van der Waals surface area contributed by atoms with Crippen LogP contribution in [0.1, 0.15) is 31.4 Å². The number of benzene rings is 1. The van der Waals surface area contributed by atoms with Crippen LogP contribution in [0.3, 0.4) is 0 Å². The normalized spacial score (nSPS) is 16.8. The van der Waals surface area contributed by atoms with Gasteiger partial charge in [0.15, 0.2) is 11.5 Å². The standard InChI is InChI=1S/C17H25F3N2O2.ClH/c1-3-24-15-5-4-13(12-16(15)23-2)14(6-7-17(18,19)20)22-10-8-21-9-11-22;/h4-5,12,14,21H,3,6-11H2,1-2H3;1H/t14-;/m0./s1. The van der Waals surface area contributed by atoms with Gasteiger partial charge in [-0.1, -0.05) is 6.07 Å². The molecule has 1 aliphatic rings. The molecule has 2 rings (SSSR count). The molecule has 0 spiro atoms. The summed E-state index contributed by atoms with van der Waals surface area (Å²) in [5, 5.41) is 3.23. The third kappa shape index (κ3) is 6.56. The van der Waals surface area contributed by atoms with Crippen LogP contribution in [0.4, 0.5) is 13.2 Å². The SMILES string of the molecule is CCOc1ccc([C@H](CCC(F)(F)F)N2CCNCC2)cc1OC.Cl. The molecule has 0 radical (unpaired) electrons. The third-order valence-corrected chi connectivity index (χ3v) is 4.17. The van der Waals surface area contributed by atoms with Crippen LogP contribution in [-0.4, -0.2) is 51.0 Å². The van der Waals surface area contributed by atoms with Gasteiger partial charge in [-0.25, -0.2) is 0 Å². The number of methoxy groups -OCH3 is 1. The lowest BCUT2D eigenvalue weighted by molar-refractivity contribution is -0.138. The fourth-order valence-corrected chi connectivity index (χ4v) is 3.02.